The van der Waals surface area contributed by atoms with Crippen molar-refractivity contribution in [3.05, 3.63) is 59.8 Å². The topological polar surface area (TPSA) is 42.2 Å². The SMILES string of the molecule is C[C@@H](Cc1ccoc1)NC(=O)c1ccccc1F. The Morgan fingerprint density at radius 1 is 1.39 bits per heavy atom. The van der Waals surface area contributed by atoms with E-state index in [-0.39, 0.29) is 11.6 Å². The molecule has 0 fully saturated rings. The van der Waals surface area contributed by atoms with E-state index in [0.29, 0.717) is 6.42 Å². The van der Waals surface area contributed by atoms with Crippen molar-refractivity contribution in [2.75, 3.05) is 0 Å². The van der Waals surface area contributed by atoms with Gasteiger partial charge in [0.05, 0.1) is 18.1 Å². The molecule has 0 unspecified atom stereocenters. The normalized spacial score (nSPS) is 12.1. The number of furan rings is 1. The molecule has 2 rings (SSSR count). The molecule has 1 amide bonds. The summed E-state index contributed by atoms with van der Waals surface area (Å²) in [6.45, 7) is 1.87. The number of benzene rings is 1. The van der Waals surface area contributed by atoms with Crippen LogP contribution in [-0.4, -0.2) is 11.9 Å². The third kappa shape index (κ3) is 2.97. The van der Waals surface area contributed by atoms with Gasteiger partial charge in [-0.2, -0.15) is 0 Å². The molecule has 1 atom stereocenters. The van der Waals surface area contributed by atoms with Crippen LogP contribution in [0.3, 0.4) is 0 Å². The zero-order chi connectivity index (χ0) is 13.0. The average molecular weight is 247 g/mol. The van der Waals surface area contributed by atoms with E-state index in [9.17, 15) is 9.18 Å². The van der Waals surface area contributed by atoms with Crippen LogP contribution in [0.15, 0.2) is 47.3 Å². The Balaban J connectivity index is 1.97. The van der Waals surface area contributed by atoms with Crippen LogP contribution in [0.2, 0.25) is 0 Å². The average Bonchev–Trinajstić information content (AvgIpc) is 2.82. The van der Waals surface area contributed by atoms with Gasteiger partial charge < -0.3 is 9.73 Å². The zero-order valence-electron chi connectivity index (χ0n) is 10.0. The number of amides is 1. The molecule has 0 spiro atoms. The van der Waals surface area contributed by atoms with Gasteiger partial charge in [0.2, 0.25) is 0 Å². The quantitative estimate of drug-likeness (QED) is 0.902. The Hall–Kier alpha value is -2.10. The van der Waals surface area contributed by atoms with Crippen molar-refractivity contribution in [3.63, 3.8) is 0 Å². The minimum atomic E-state index is -0.509. The van der Waals surface area contributed by atoms with E-state index in [1.165, 1.54) is 12.1 Å². The standard InChI is InChI=1S/C14H14FNO2/c1-10(8-11-6-7-18-9-11)16-14(17)12-4-2-3-5-13(12)15/h2-7,9-10H,8H2,1H3,(H,16,17)/t10-/m0/s1. The van der Waals surface area contributed by atoms with Gasteiger partial charge in [-0.05, 0) is 37.1 Å². The van der Waals surface area contributed by atoms with Crippen molar-refractivity contribution >= 4 is 5.91 Å². The molecule has 1 heterocycles. The summed E-state index contributed by atoms with van der Waals surface area (Å²) in [4.78, 5) is 11.8. The maximum atomic E-state index is 13.4. The third-order valence-corrected chi connectivity index (χ3v) is 2.62. The van der Waals surface area contributed by atoms with Gasteiger partial charge >= 0.3 is 0 Å². The number of rotatable bonds is 4. The van der Waals surface area contributed by atoms with Crippen LogP contribution in [0.5, 0.6) is 0 Å². The maximum Gasteiger partial charge on any atom is 0.254 e. The number of carbonyl (C=O) groups excluding carboxylic acids is 1. The largest absolute Gasteiger partial charge is 0.472 e. The van der Waals surface area contributed by atoms with E-state index >= 15 is 0 Å². The summed E-state index contributed by atoms with van der Waals surface area (Å²) in [5.41, 5.74) is 1.06. The highest BCUT2D eigenvalue weighted by Crippen LogP contribution is 2.08. The van der Waals surface area contributed by atoms with Crippen LogP contribution < -0.4 is 5.32 Å². The van der Waals surface area contributed by atoms with Gasteiger partial charge in [0.15, 0.2) is 0 Å². The first-order valence-corrected chi connectivity index (χ1v) is 5.73. The number of hydrogen-bond acceptors (Lipinski definition) is 2. The smallest absolute Gasteiger partial charge is 0.254 e. The van der Waals surface area contributed by atoms with Crippen LogP contribution in [-0.2, 0) is 6.42 Å². The number of carbonyl (C=O) groups is 1. The lowest BCUT2D eigenvalue weighted by molar-refractivity contribution is 0.0936. The third-order valence-electron chi connectivity index (χ3n) is 2.62. The monoisotopic (exact) mass is 247 g/mol. The summed E-state index contributed by atoms with van der Waals surface area (Å²) in [7, 11) is 0. The first kappa shape index (κ1) is 12.4. The van der Waals surface area contributed by atoms with E-state index < -0.39 is 11.7 Å². The molecule has 0 aliphatic heterocycles. The second-order valence-corrected chi connectivity index (χ2v) is 4.19. The Morgan fingerprint density at radius 3 is 2.83 bits per heavy atom. The van der Waals surface area contributed by atoms with Crippen molar-refractivity contribution in [1.29, 1.82) is 0 Å². The van der Waals surface area contributed by atoms with Gasteiger partial charge in [-0.25, -0.2) is 4.39 Å². The molecule has 0 aliphatic rings. The van der Waals surface area contributed by atoms with Crippen LogP contribution in [0.1, 0.15) is 22.8 Å². The number of hydrogen-bond donors (Lipinski definition) is 1. The Labute approximate surface area is 105 Å². The van der Waals surface area contributed by atoms with Crippen LogP contribution in [0, 0.1) is 5.82 Å². The summed E-state index contributed by atoms with van der Waals surface area (Å²) in [5.74, 6) is -0.908. The molecule has 0 saturated carbocycles. The fourth-order valence-electron chi connectivity index (χ4n) is 1.76. The van der Waals surface area contributed by atoms with E-state index in [0.717, 1.165) is 5.56 Å². The molecule has 94 valence electrons. The first-order valence-electron chi connectivity index (χ1n) is 5.73. The molecule has 18 heavy (non-hydrogen) atoms. The highest BCUT2D eigenvalue weighted by atomic mass is 19.1. The summed E-state index contributed by atoms with van der Waals surface area (Å²) in [6.07, 6.45) is 3.86. The second-order valence-electron chi connectivity index (χ2n) is 4.19. The zero-order valence-corrected chi connectivity index (χ0v) is 10.0. The van der Waals surface area contributed by atoms with Crippen molar-refractivity contribution in [2.45, 2.75) is 19.4 Å². The van der Waals surface area contributed by atoms with Crippen molar-refractivity contribution in [2.24, 2.45) is 0 Å². The Kier molecular flexibility index (Phi) is 3.77. The summed E-state index contributed by atoms with van der Waals surface area (Å²) < 4.78 is 18.3. The highest BCUT2D eigenvalue weighted by molar-refractivity contribution is 5.94. The molecule has 0 saturated heterocycles. The van der Waals surface area contributed by atoms with Gasteiger partial charge in [0, 0.05) is 6.04 Å². The van der Waals surface area contributed by atoms with Gasteiger partial charge in [-0.15, -0.1) is 0 Å². The fourth-order valence-corrected chi connectivity index (χ4v) is 1.76. The fraction of sp³-hybridized carbons (Fsp3) is 0.214. The van der Waals surface area contributed by atoms with Crippen LogP contribution >= 0.6 is 0 Å². The molecule has 1 N–H and O–H groups in total. The summed E-state index contributed by atoms with van der Waals surface area (Å²) in [5, 5.41) is 2.75. The lowest BCUT2D eigenvalue weighted by Crippen LogP contribution is -2.34. The Bertz CT molecular complexity index is 522. The lowest BCUT2D eigenvalue weighted by atomic mass is 10.1. The number of halogens is 1. The minimum absolute atomic E-state index is 0.0662. The molecule has 3 nitrogen and oxygen atoms in total. The predicted molar refractivity (Wildman–Crippen MR) is 65.7 cm³/mol. The molecule has 2 aromatic rings. The van der Waals surface area contributed by atoms with Crippen LogP contribution in [0.25, 0.3) is 0 Å². The molecule has 1 aromatic carbocycles. The van der Waals surface area contributed by atoms with Gasteiger partial charge in [-0.3, -0.25) is 4.79 Å². The molecular formula is C14H14FNO2. The highest BCUT2D eigenvalue weighted by Gasteiger charge is 2.13. The van der Waals surface area contributed by atoms with Crippen molar-refractivity contribution in [1.82, 2.24) is 5.32 Å². The van der Waals surface area contributed by atoms with Crippen LogP contribution in [0.4, 0.5) is 4.39 Å². The lowest BCUT2D eigenvalue weighted by Gasteiger charge is -2.13. The van der Waals surface area contributed by atoms with E-state index in [1.807, 2.05) is 13.0 Å². The van der Waals surface area contributed by atoms with Gasteiger partial charge in [0.25, 0.3) is 5.91 Å². The van der Waals surface area contributed by atoms with E-state index in [2.05, 4.69) is 5.32 Å². The molecule has 0 aliphatic carbocycles. The summed E-state index contributed by atoms with van der Waals surface area (Å²) >= 11 is 0. The van der Waals surface area contributed by atoms with Gasteiger partial charge in [0.1, 0.15) is 5.82 Å². The van der Waals surface area contributed by atoms with Crippen molar-refractivity contribution < 1.29 is 13.6 Å². The predicted octanol–water partition coefficient (Wildman–Crippen LogP) is 2.78. The molecule has 1 aromatic heterocycles. The minimum Gasteiger partial charge on any atom is -0.472 e. The summed E-state index contributed by atoms with van der Waals surface area (Å²) in [6, 6.07) is 7.69. The second kappa shape index (κ2) is 5.49. The Morgan fingerprint density at radius 2 is 2.17 bits per heavy atom. The maximum absolute atomic E-state index is 13.4. The molecular weight excluding hydrogens is 233 g/mol. The van der Waals surface area contributed by atoms with E-state index in [1.54, 1.807) is 24.7 Å². The number of nitrogens with one attached hydrogen (secondary N) is 1. The van der Waals surface area contributed by atoms with Crippen molar-refractivity contribution in [3.8, 4) is 0 Å². The first-order chi connectivity index (χ1) is 8.66. The molecule has 4 heteroatoms. The van der Waals surface area contributed by atoms with E-state index in [4.69, 9.17) is 4.42 Å². The van der Waals surface area contributed by atoms with Gasteiger partial charge in [-0.1, -0.05) is 12.1 Å². The molecule has 0 bridgehead atoms. The molecule has 0 radical (unpaired) electrons.